The summed E-state index contributed by atoms with van der Waals surface area (Å²) in [6.45, 7) is 4.10. The van der Waals surface area contributed by atoms with Crippen molar-refractivity contribution in [3.63, 3.8) is 0 Å². The molecule has 2 aliphatic heterocycles. The smallest absolute Gasteiger partial charge is 0.244 e. The number of nitriles is 1. The molecule has 7 nitrogen and oxygen atoms in total. The van der Waals surface area contributed by atoms with Crippen molar-refractivity contribution in [1.82, 2.24) is 9.88 Å². The third-order valence-electron chi connectivity index (χ3n) is 5.99. The average molecular weight is 403 g/mol. The molecule has 1 unspecified atom stereocenters. The van der Waals surface area contributed by atoms with E-state index in [9.17, 15) is 9.59 Å². The summed E-state index contributed by atoms with van der Waals surface area (Å²) in [4.78, 5) is 33.8. The molecule has 2 amide bonds. The first-order valence-corrected chi connectivity index (χ1v) is 10.3. The van der Waals surface area contributed by atoms with E-state index in [0.29, 0.717) is 17.9 Å². The lowest BCUT2D eigenvalue weighted by molar-refractivity contribution is -0.123. The molecule has 0 aliphatic carbocycles. The highest BCUT2D eigenvalue weighted by Gasteiger charge is 2.38. The summed E-state index contributed by atoms with van der Waals surface area (Å²) in [5.41, 5.74) is 2.47. The van der Waals surface area contributed by atoms with Crippen molar-refractivity contribution in [2.75, 3.05) is 29.9 Å². The maximum absolute atomic E-state index is 13.0. The summed E-state index contributed by atoms with van der Waals surface area (Å²) < 4.78 is 0. The highest BCUT2D eigenvalue weighted by molar-refractivity contribution is 5.99. The zero-order valence-corrected chi connectivity index (χ0v) is 17.0. The second-order valence-corrected chi connectivity index (χ2v) is 7.97. The first-order chi connectivity index (χ1) is 14.5. The molecule has 2 fully saturated rings. The summed E-state index contributed by atoms with van der Waals surface area (Å²) in [7, 11) is 0. The molecule has 1 atom stereocenters. The first-order valence-electron chi connectivity index (χ1n) is 10.3. The number of aromatic nitrogens is 1. The van der Waals surface area contributed by atoms with Crippen LogP contribution < -0.4 is 10.2 Å². The maximum atomic E-state index is 13.0. The molecule has 3 heterocycles. The molecule has 154 valence electrons. The Bertz CT molecular complexity index is 957. The predicted molar refractivity (Wildman–Crippen MR) is 114 cm³/mol. The van der Waals surface area contributed by atoms with Crippen LogP contribution in [0.2, 0.25) is 0 Å². The average Bonchev–Trinajstić information content (AvgIpc) is 3.16. The van der Waals surface area contributed by atoms with E-state index in [4.69, 9.17) is 5.26 Å². The number of hydrogen-bond acceptors (Lipinski definition) is 5. The Balaban J connectivity index is 1.31. The highest BCUT2D eigenvalue weighted by atomic mass is 16.2. The molecule has 2 saturated heterocycles. The molecule has 2 aromatic rings. The van der Waals surface area contributed by atoms with E-state index in [-0.39, 0.29) is 23.8 Å². The van der Waals surface area contributed by atoms with Gasteiger partial charge in [0.05, 0.1) is 17.7 Å². The molecule has 1 N–H and O–H groups in total. The number of nitrogens with one attached hydrogen (secondary N) is 1. The van der Waals surface area contributed by atoms with Crippen molar-refractivity contribution in [3.05, 3.63) is 53.7 Å². The highest BCUT2D eigenvalue weighted by Crippen LogP contribution is 2.28. The van der Waals surface area contributed by atoms with Gasteiger partial charge in [-0.2, -0.15) is 5.26 Å². The fourth-order valence-corrected chi connectivity index (χ4v) is 4.22. The Morgan fingerprint density at radius 3 is 2.47 bits per heavy atom. The maximum Gasteiger partial charge on any atom is 0.244 e. The van der Waals surface area contributed by atoms with Crippen molar-refractivity contribution in [2.45, 2.75) is 32.2 Å². The predicted octanol–water partition coefficient (Wildman–Crippen LogP) is 2.72. The zero-order chi connectivity index (χ0) is 21.1. The van der Waals surface area contributed by atoms with Crippen molar-refractivity contribution in [1.29, 1.82) is 5.26 Å². The Morgan fingerprint density at radius 1 is 1.10 bits per heavy atom. The fourth-order valence-electron chi connectivity index (χ4n) is 4.22. The van der Waals surface area contributed by atoms with Crippen LogP contribution in [0.15, 0.2) is 42.6 Å². The Labute approximate surface area is 176 Å². The van der Waals surface area contributed by atoms with Crippen LogP contribution in [0, 0.1) is 24.2 Å². The molecule has 0 bridgehead atoms. The lowest BCUT2D eigenvalue weighted by Crippen LogP contribution is -2.47. The molecule has 30 heavy (non-hydrogen) atoms. The lowest BCUT2D eigenvalue weighted by atomic mass is 9.94. The van der Waals surface area contributed by atoms with E-state index < -0.39 is 0 Å². The Hall–Kier alpha value is -3.24. The number of rotatable bonds is 4. The number of piperidine rings is 1. The van der Waals surface area contributed by atoms with E-state index in [1.165, 1.54) is 0 Å². The number of pyridine rings is 1. The third-order valence-corrected chi connectivity index (χ3v) is 5.99. The Kier molecular flexibility index (Phi) is 5.77. The largest absolute Gasteiger partial charge is 0.311 e. The quantitative estimate of drug-likeness (QED) is 0.848. The van der Waals surface area contributed by atoms with Crippen LogP contribution in [0.5, 0.6) is 0 Å². The van der Waals surface area contributed by atoms with E-state index >= 15 is 0 Å². The van der Waals surface area contributed by atoms with E-state index in [1.807, 2.05) is 31.2 Å². The van der Waals surface area contributed by atoms with Crippen molar-refractivity contribution in [2.24, 2.45) is 5.92 Å². The molecule has 0 saturated carbocycles. The van der Waals surface area contributed by atoms with Gasteiger partial charge in [-0.25, -0.2) is 4.98 Å². The van der Waals surface area contributed by atoms with Gasteiger partial charge < -0.3 is 10.2 Å². The van der Waals surface area contributed by atoms with Crippen molar-refractivity contribution in [3.8, 4) is 6.07 Å². The summed E-state index contributed by atoms with van der Waals surface area (Å²) in [6, 6.07) is 12.8. The van der Waals surface area contributed by atoms with E-state index in [1.54, 1.807) is 23.2 Å². The van der Waals surface area contributed by atoms with Crippen LogP contribution >= 0.6 is 0 Å². The number of anilines is 2. The summed E-state index contributed by atoms with van der Waals surface area (Å²) in [6.07, 6.45) is 3.99. The van der Waals surface area contributed by atoms with Crippen LogP contribution in [-0.2, 0) is 9.59 Å². The second-order valence-electron chi connectivity index (χ2n) is 7.97. The monoisotopic (exact) mass is 403 g/mol. The molecule has 1 aromatic carbocycles. The van der Waals surface area contributed by atoms with Gasteiger partial charge in [-0.3, -0.25) is 14.5 Å². The number of nitrogens with zero attached hydrogens (tertiary/aromatic N) is 4. The standard InChI is InChI=1S/C23H25N5O2/c1-16-2-7-21(25-15-16)26-22(29)18-8-11-27(12-9-18)20-10-13-28(23(20)30)19-5-3-17(14-24)4-6-19/h2-7,15,18,20H,8-13H2,1H3,(H,25,26,29). The molecule has 0 spiro atoms. The summed E-state index contributed by atoms with van der Waals surface area (Å²) in [5.74, 6) is 0.627. The molecule has 0 radical (unpaired) electrons. The summed E-state index contributed by atoms with van der Waals surface area (Å²) >= 11 is 0. The van der Waals surface area contributed by atoms with Crippen molar-refractivity contribution < 1.29 is 9.59 Å². The SMILES string of the molecule is Cc1ccc(NC(=O)C2CCN(C3CCN(c4ccc(C#N)cc4)C3=O)CC2)nc1. The van der Waals surface area contributed by atoms with Gasteiger partial charge in [-0.1, -0.05) is 6.07 Å². The number of likely N-dealkylation sites (tertiary alicyclic amines) is 1. The third kappa shape index (κ3) is 4.19. The summed E-state index contributed by atoms with van der Waals surface area (Å²) in [5, 5.41) is 11.8. The zero-order valence-electron chi connectivity index (χ0n) is 17.0. The number of amides is 2. The molecular formula is C23H25N5O2. The second kappa shape index (κ2) is 8.64. The number of benzene rings is 1. The van der Waals surface area contributed by atoms with E-state index in [2.05, 4.69) is 21.3 Å². The van der Waals surface area contributed by atoms with Crippen LogP contribution in [0.3, 0.4) is 0 Å². The minimum Gasteiger partial charge on any atom is -0.311 e. The molecule has 4 rings (SSSR count). The molecular weight excluding hydrogens is 378 g/mol. The number of carbonyl (C=O) groups excluding carboxylic acids is 2. The Morgan fingerprint density at radius 2 is 1.83 bits per heavy atom. The fraction of sp³-hybridized carbons (Fsp3) is 0.391. The molecule has 7 heteroatoms. The van der Waals surface area contributed by atoms with Gasteiger partial charge in [0.1, 0.15) is 5.82 Å². The van der Waals surface area contributed by atoms with Gasteiger partial charge in [0.25, 0.3) is 0 Å². The molecule has 2 aliphatic rings. The van der Waals surface area contributed by atoms with Gasteiger partial charge in [-0.15, -0.1) is 0 Å². The van der Waals surface area contributed by atoms with Crippen LogP contribution in [-0.4, -0.2) is 47.4 Å². The van der Waals surface area contributed by atoms with Crippen LogP contribution in [0.4, 0.5) is 11.5 Å². The number of aryl methyl sites for hydroxylation is 1. The first kappa shape index (κ1) is 20.0. The molecule has 1 aromatic heterocycles. The van der Waals surface area contributed by atoms with Crippen molar-refractivity contribution >= 4 is 23.3 Å². The van der Waals surface area contributed by atoms with Gasteiger partial charge in [-0.05, 0) is 75.2 Å². The van der Waals surface area contributed by atoms with E-state index in [0.717, 1.165) is 43.6 Å². The van der Waals surface area contributed by atoms with Crippen LogP contribution in [0.1, 0.15) is 30.4 Å². The normalized spacial score (nSPS) is 20.2. The van der Waals surface area contributed by atoms with Crippen LogP contribution in [0.25, 0.3) is 0 Å². The van der Waals surface area contributed by atoms with Gasteiger partial charge in [0.15, 0.2) is 0 Å². The minimum atomic E-state index is -0.136. The topological polar surface area (TPSA) is 89.3 Å². The van der Waals surface area contributed by atoms with Gasteiger partial charge >= 0.3 is 0 Å². The van der Waals surface area contributed by atoms with Gasteiger partial charge in [0.2, 0.25) is 11.8 Å². The number of hydrogen-bond donors (Lipinski definition) is 1. The minimum absolute atomic E-state index is 0.00274. The lowest BCUT2D eigenvalue weighted by Gasteiger charge is -2.34. The van der Waals surface area contributed by atoms with Gasteiger partial charge in [0, 0.05) is 24.3 Å². The number of carbonyl (C=O) groups is 2.